The number of thiophene rings is 1. The first-order chi connectivity index (χ1) is 16.1. The van der Waals surface area contributed by atoms with Crippen molar-refractivity contribution >= 4 is 43.5 Å². The maximum atomic E-state index is 13.3. The van der Waals surface area contributed by atoms with Gasteiger partial charge in [-0.15, -0.1) is 11.3 Å². The van der Waals surface area contributed by atoms with Gasteiger partial charge in [-0.1, -0.05) is 47.5 Å². The third-order valence-electron chi connectivity index (χ3n) is 5.12. The van der Waals surface area contributed by atoms with Crippen molar-refractivity contribution in [3.63, 3.8) is 0 Å². The van der Waals surface area contributed by atoms with E-state index in [1.807, 2.05) is 11.6 Å². The van der Waals surface area contributed by atoms with Gasteiger partial charge in [0.2, 0.25) is 0 Å². The van der Waals surface area contributed by atoms with Crippen molar-refractivity contribution in [2.75, 3.05) is 0 Å². The van der Waals surface area contributed by atoms with E-state index in [9.17, 15) is 27.9 Å². The summed E-state index contributed by atoms with van der Waals surface area (Å²) in [6.45, 7) is 3.01. The number of carbonyl (C=O) groups is 2. The number of nitrogens with one attached hydrogen (secondary N) is 1. The Morgan fingerprint density at radius 2 is 1.62 bits per heavy atom. The molecule has 2 aromatic heterocycles. The number of hydrogen-bond donors (Lipinski definition) is 2. The Bertz CT molecular complexity index is 1580. The van der Waals surface area contributed by atoms with Crippen LogP contribution in [0.25, 0.3) is 21.6 Å². The summed E-state index contributed by atoms with van der Waals surface area (Å²) in [6.07, 6.45) is 0. The molecule has 0 aliphatic carbocycles. The number of carbonyl (C=O) groups excluding carboxylic acids is 1. The van der Waals surface area contributed by atoms with E-state index in [-0.39, 0.29) is 26.5 Å². The van der Waals surface area contributed by atoms with E-state index in [2.05, 4.69) is 4.98 Å². The molecule has 34 heavy (non-hydrogen) atoms. The van der Waals surface area contributed by atoms with E-state index >= 15 is 0 Å². The van der Waals surface area contributed by atoms with Gasteiger partial charge in [-0.05, 0) is 26.0 Å². The molecular weight excluding hydrogens is 478 g/mol. The highest BCUT2D eigenvalue weighted by molar-refractivity contribution is 7.90. The van der Waals surface area contributed by atoms with Crippen LogP contribution in [-0.4, -0.2) is 35.0 Å². The minimum Gasteiger partial charge on any atom is -0.478 e. The number of sulfonamides is 1. The molecule has 2 heterocycles. The second-order valence-electron chi connectivity index (χ2n) is 7.67. The zero-order valence-corrected chi connectivity index (χ0v) is 19.7. The summed E-state index contributed by atoms with van der Waals surface area (Å²) in [4.78, 5) is 42.2. The van der Waals surface area contributed by atoms with E-state index in [1.165, 1.54) is 17.5 Å². The van der Waals surface area contributed by atoms with Crippen LogP contribution >= 0.6 is 11.3 Å². The number of rotatable bonds is 6. The van der Waals surface area contributed by atoms with E-state index in [0.717, 1.165) is 27.0 Å². The lowest BCUT2D eigenvalue weighted by Gasteiger charge is -2.13. The van der Waals surface area contributed by atoms with Gasteiger partial charge in [-0.3, -0.25) is 14.2 Å². The molecule has 4 aromatic rings. The molecule has 4 rings (SSSR count). The van der Waals surface area contributed by atoms with Gasteiger partial charge in [-0.25, -0.2) is 22.9 Å². The van der Waals surface area contributed by atoms with Gasteiger partial charge in [0.25, 0.3) is 21.5 Å². The zero-order valence-electron chi connectivity index (χ0n) is 18.1. The summed E-state index contributed by atoms with van der Waals surface area (Å²) in [7, 11) is -4.17. The Labute approximate surface area is 198 Å². The molecule has 0 bridgehead atoms. The summed E-state index contributed by atoms with van der Waals surface area (Å²) < 4.78 is 28.2. The molecule has 9 nitrogen and oxygen atoms in total. The Morgan fingerprint density at radius 3 is 2.21 bits per heavy atom. The molecule has 0 atom stereocenters. The number of aromatic carboxylic acids is 1. The summed E-state index contributed by atoms with van der Waals surface area (Å²) >= 11 is 1.00. The number of amides is 1. The number of carboxylic acid groups (broad SMARTS) is 1. The van der Waals surface area contributed by atoms with Crippen LogP contribution in [0.4, 0.5) is 0 Å². The maximum Gasteiger partial charge on any atom is 0.337 e. The van der Waals surface area contributed by atoms with E-state index < -0.39 is 34.0 Å². The molecule has 0 aliphatic heterocycles. The largest absolute Gasteiger partial charge is 0.478 e. The highest BCUT2D eigenvalue weighted by Gasteiger charge is 2.23. The third kappa shape index (κ3) is 4.47. The van der Waals surface area contributed by atoms with Crippen molar-refractivity contribution in [3.05, 3.63) is 81.0 Å². The van der Waals surface area contributed by atoms with E-state index in [0.29, 0.717) is 5.56 Å². The first-order valence-electron chi connectivity index (χ1n) is 10.0. The number of carboxylic acids is 1. The van der Waals surface area contributed by atoms with Gasteiger partial charge >= 0.3 is 5.97 Å². The fraction of sp³-hybridized carbons (Fsp3) is 0.130. The van der Waals surface area contributed by atoms with Crippen molar-refractivity contribution in [1.82, 2.24) is 14.3 Å². The van der Waals surface area contributed by atoms with Crippen molar-refractivity contribution in [2.24, 2.45) is 0 Å². The molecule has 1 amide bonds. The first kappa shape index (κ1) is 23.3. The molecule has 0 spiro atoms. The predicted octanol–water partition coefficient (Wildman–Crippen LogP) is 2.95. The van der Waals surface area contributed by atoms with Crippen LogP contribution in [0.5, 0.6) is 0 Å². The fourth-order valence-corrected chi connectivity index (χ4v) is 5.23. The minimum absolute atomic E-state index is 0.0999. The molecule has 0 aliphatic rings. The Morgan fingerprint density at radius 1 is 1.03 bits per heavy atom. The monoisotopic (exact) mass is 497 g/mol. The number of aryl methyl sites for hydroxylation is 2. The molecule has 0 radical (unpaired) electrons. The average molecular weight is 498 g/mol. The SMILES string of the molecule is Cc1ccc(-c2nc3scc(C(=O)O)c3c(=O)n2CC(=O)NS(=O)(=O)c2ccc(C)cc2)cc1. The van der Waals surface area contributed by atoms with Gasteiger partial charge < -0.3 is 5.11 Å². The smallest absolute Gasteiger partial charge is 0.337 e. The molecular formula is C23H19N3O6S2. The average Bonchev–Trinajstić information content (AvgIpc) is 3.21. The lowest BCUT2D eigenvalue weighted by molar-refractivity contribution is -0.119. The summed E-state index contributed by atoms with van der Waals surface area (Å²) in [5, 5.41) is 10.6. The van der Waals surface area contributed by atoms with Crippen LogP contribution in [0, 0.1) is 13.8 Å². The van der Waals surface area contributed by atoms with Crippen LogP contribution in [-0.2, 0) is 21.4 Å². The zero-order chi connectivity index (χ0) is 24.6. The number of hydrogen-bond acceptors (Lipinski definition) is 7. The van der Waals surface area contributed by atoms with Crippen molar-refractivity contribution < 1.29 is 23.1 Å². The lowest BCUT2D eigenvalue weighted by Crippen LogP contribution is -2.37. The van der Waals surface area contributed by atoms with Crippen molar-refractivity contribution in [3.8, 4) is 11.4 Å². The second-order valence-corrected chi connectivity index (χ2v) is 10.2. The number of aromatic nitrogens is 2. The van der Waals surface area contributed by atoms with Gasteiger partial charge in [0.1, 0.15) is 17.2 Å². The lowest BCUT2D eigenvalue weighted by atomic mass is 10.1. The van der Waals surface area contributed by atoms with Gasteiger partial charge in [-0.2, -0.15) is 0 Å². The van der Waals surface area contributed by atoms with Crippen molar-refractivity contribution in [2.45, 2.75) is 25.3 Å². The van der Waals surface area contributed by atoms with Crippen molar-refractivity contribution in [1.29, 1.82) is 0 Å². The number of benzene rings is 2. The van der Waals surface area contributed by atoms with Crippen LogP contribution in [0.2, 0.25) is 0 Å². The van der Waals surface area contributed by atoms with E-state index in [1.54, 1.807) is 43.3 Å². The van der Waals surface area contributed by atoms with Gasteiger partial charge in [0, 0.05) is 10.9 Å². The minimum atomic E-state index is -4.17. The standard InChI is InChI=1S/C23H19N3O6S2/c1-13-3-7-15(8-4-13)20-24-21-19(17(12-33-21)23(29)30)22(28)26(20)11-18(27)25-34(31,32)16-9-5-14(2)6-10-16/h3-10,12H,11H2,1-2H3,(H,25,27)(H,29,30). The quantitative estimate of drug-likeness (QED) is 0.418. The Kier molecular flexibility index (Phi) is 6.07. The van der Waals surface area contributed by atoms with E-state index in [4.69, 9.17) is 0 Å². The molecule has 11 heteroatoms. The number of nitrogens with zero attached hydrogens (tertiary/aromatic N) is 2. The van der Waals surface area contributed by atoms with Crippen LogP contribution in [0.3, 0.4) is 0 Å². The molecule has 0 saturated carbocycles. The molecule has 0 fully saturated rings. The van der Waals surface area contributed by atoms with Crippen LogP contribution < -0.4 is 10.3 Å². The predicted molar refractivity (Wildman–Crippen MR) is 128 cm³/mol. The normalized spacial score (nSPS) is 11.5. The third-order valence-corrected chi connectivity index (χ3v) is 7.38. The summed E-state index contributed by atoms with van der Waals surface area (Å²) in [5.41, 5.74) is 1.36. The van der Waals surface area contributed by atoms with Crippen LogP contribution in [0.15, 0.2) is 63.6 Å². The Hall–Kier alpha value is -3.83. The summed E-state index contributed by atoms with van der Waals surface area (Å²) in [5.74, 6) is -2.14. The second kappa shape index (κ2) is 8.84. The Balaban J connectivity index is 1.79. The molecule has 0 unspecified atom stereocenters. The molecule has 174 valence electrons. The first-order valence-corrected chi connectivity index (χ1v) is 12.4. The topological polar surface area (TPSA) is 135 Å². The highest BCUT2D eigenvalue weighted by Crippen LogP contribution is 2.25. The van der Waals surface area contributed by atoms with Gasteiger partial charge in [0.15, 0.2) is 0 Å². The molecule has 0 saturated heterocycles. The molecule has 2 aromatic carbocycles. The fourth-order valence-electron chi connectivity index (χ4n) is 3.35. The van der Waals surface area contributed by atoms with Gasteiger partial charge in [0.05, 0.1) is 15.8 Å². The maximum absolute atomic E-state index is 13.3. The van der Waals surface area contributed by atoms with Crippen LogP contribution in [0.1, 0.15) is 21.5 Å². The molecule has 2 N–H and O–H groups in total. The number of fused-ring (bicyclic) bond motifs is 1. The summed E-state index contributed by atoms with van der Waals surface area (Å²) in [6, 6.07) is 13.0. The highest BCUT2D eigenvalue weighted by atomic mass is 32.2.